The molecule has 2 atom stereocenters. The van der Waals surface area contributed by atoms with Gasteiger partial charge in [-0.25, -0.2) is 4.79 Å². The SMILES string of the molecule is COC(=O)c1ccc(C(O)C(O)CCO)c([N+](=O)[O-])c1. The third-order valence-electron chi connectivity index (χ3n) is 2.76. The third-order valence-corrected chi connectivity index (χ3v) is 2.76. The lowest BCUT2D eigenvalue weighted by molar-refractivity contribution is -0.386. The number of hydrogen-bond acceptors (Lipinski definition) is 7. The minimum absolute atomic E-state index is 0.0354. The second-order valence-electron chi connectivity index (χ2n) is 4.05. The van der Waals surface area contributed by atoms with Crippen LogP contribution in [-0.4, -0.2) is 46.0 Å². The van der Waals surface area contributed by atoms with Gasteiger partial charge in [-0.3, -0.25) is 10.1 Å². The van der Waals surface area contributed by atoms with E-state index >= 15 is 0 Å². The van der Waals surface area contributed by atoms with E-state index in [2.05, 4.69) is 4.74 Å². The molecule has 2 unspecified atom stereocenters. The highest BCUT2D eigenvalue weighted by molar-refractivity contribution is 5.90. The van der Waals surface area contributed by atoms with Gasteiger partial charge in [0.25, 0.3) is 5.69 Å². The molecule has 0 heterocycles. The van der Waals surface area contributed by atoms with Crippen molar-refractivity contribution in [3.05, 3.63) is 39.4 Å². The number of nitro benzene ring substituents is 1. The van der Waals surface area contributed by atoms with Crippen molar-refractivity contribution in [1.29, 1.82) is 0 Å². The van der Waals surface area contributed by atoms with Gasteiger partial charge in [-0.2, -0.15) is 0 Å². The minimum Gasteiger partial charge on any atom is -0.465 e. The maximum Gasteiger partial charge on any atom is 0.338 e. The Morgan fingerprint density at radius 3 is 2.60 bits per heavy atom. The van der Waals surface area contributed by atoms with Crippen LogP contribution >= 0.6 is 0 Å². The Morgan fingerprint density at radius 2 is 2.10 bits per heavy atom. The quantitative estimate of drug-likeness (QED) is 0.385. The molecule has 0 aliphatic rings. The summed E-state index contributed by atoms with van der Waals surface area (Å²) in [4.78, 5) is 21.5. The molecule has 0 bridgehead atoms. The number of rotatable bonds is 6. The predicted molar refractivity (Wildman–Crippen MR) is 67.1 cm³/mol. The number of esters is 1. The minimum atomic E-state index is -1.53. The summed E-state index contributed by atoms with van der Waals surface area (Å²) in [6, 6.07) is 3.40. The number of methoxy groups -OCH3 is 1. The van der Waals surface area contributed by atoms with Gasteiger partial charge in [0.05, 0.1) is 29.3 Å². The first-order valence-corrected chi connectivity index (χ1v) is 5.76. The van der Waals surface area contributed by atoms with Crippen molar-refractivity contribution < 1.29 is 29.8 Å². The van der Waals surface area contributed by atoms with Gasteiger partial charge in [0.1, 0.15) is 6.10 Å². The molecule has 1 aromatic rings. The molecule has 8 nitrogen and oxygen atoms in total. The van der Waals surface area contributed by atoms with E-state index in [9.17, 15) is 25.1 Å². The molecular formula is C12H15NO7. The molecule has 20 heavy (non-hydrogen) atoms. The Morgan fingerprint density at radius 1 is 1.45 bits per heavy atom. The Hall–Kier alpha value is -2.03. The van der Waals surface area contributed by atoms with Crippen molar-refractivity contribution in [3.63, 3.8) is 0 Å². The average Bonchev–Trinajstić information content (AvgIpc) is 2.45. The second kappa shape index (κ2) is 6.94. The van der Waals surface area contributed by atoms with Crippen LogP contribution in [0.25, 0.3) is 0 Å². The third kappa shape index (κ3) is 3.50. The molecule has 0 amide bonds. The van der Waals surface area contributed by atoms with E-state index in [1.807, 2.05) is 0 Å². The first kappa shape index (κ1) is 16.0. The zero-order valence-corrected chi connectivity index (χ0v) is 10.7. The fourth-order valence-corrected chi connectivity index (χ4v) is 1.69. The highest BCUT2D eigenvalue weighted by Crippen LogP contribution is 2.29. The number of carbonyl (C=O) groups excluding carboxylic acids is 1. The molecule has 110 valence electrons. The highest BCUT2D eigenvalue weighted by Gasteiger charge is 2.27. The van der Waals surface area contributed by atoms with E-state index in [1.165, 1.54) is 12.1 Å². The smallest absolute Gasteiger partial charge is 0.338 e. The largest absolute Gasteiger partial charge is 0.465 e. The van der Waals surface area contributed by atoms with Crippen molar-refractivity contribution in [3.8, 4) is 0 Å². The lowest BCUT2D eigenvalue weighted by atomic mass is 9.99. The number of aliphatic hydroxyl groups is 3. The number of ether oxygens (including phenoxy) is 1. The molecule has 0 radical (unpaired) electrons. The van der Waals surface area contributed by atoms with Crippen LogP contribution in [0.5, 0.6) is 0 Å². The van der Waals surface area contributed by atoms with Crippen LogP contribution in [0, 0.1) is 10.1 Å². The number of nitro groups is 1. The maximum absolute atomic E-state index is 11.3. The first-order valence-electron chi connectivity index (χ1n) is 5.76. The lowest BCUT2D eigenvalue weighted by Gasteiger charge is -2.17. The van der Waals surface area contributed by atoms with E-state index in [4.69, 9.17) is 5.11 Å². The molecule has 0 aliphatic heterocycles. The van der Waals surface area contributed by atoms with Crippen LogP contribution in [0.2, 0.25) is 0 Å². The van der Waals surface area contributed by atoms with Gasteiger partial charge >= 0.3 is 5.97 Å². The standard InChI is InChI=1S/C12H15NO7/c1-20-12(17)7-2-3-8(9(6-7)13(18)19)11(16)10(15)4-5-14/h2-3,6,10-11,14-16H,4-5H2,1H3. The van der Waals surface area contributed by atoms with Crippen LogP contribution in [0.4, 0.5) is 5.69 Å². The Balaban J connectivity index is 3.20. The summed E-state index contributed by atoms with van der Waals surface area (Å²) in [7, 11) is 1.14. The summed E-state index contributed by atoms with van der Waals surface area (Å²) >= 11 is 0. The van der Waals surface area contributed by atoms with Crippen molar-refractivity contribution in [2.24, 2.45) is 0 Å². The van der Waals surface area contributed by atoms with Crippen molar-refractivity contribution in [2.45, 2.75) is 18.6 Å². The fraction of sp³-hybridized carbons (Fsp3) is 0.417. The van der Waals surface area contributed by atoms with Crippen molar-refractivity contribution in [2.75, 3.05) is 13.7 Å². The van der Waals surface area contributed by atoms with Gasteiger partial charge in [-0.1, -0.05) is 0 Å². The monoisotopic (exact) mass is 285 g/mol. The van der Waals surface area contributed by atoms with E-state index in [0.717, 1.165) is 13.2 Å². The predicted octanol–water partition coefficient (Wildman–Crippen LogP) is 0.158. The zero-order valence-electron chi connectivity index (χ0n) is 10.7. The van der Waals surface area contributed by atoms with Gasteiger partial charge in [-0.05, 0) is 18.6 Å². The van der Waals surface area contributed by atoms with Crippen molar-refractivity contribution in [1.82, 2.24) is 0 Å². The summed E-state index contributed by atoms with van der Waals surface area (Å²) in [6.45, 7) is -0.369. The second-order valence-corrected chi connectivity index (χ2v) is 4.05. The van der Waals surface area contributed by atoms with Gasteiger partial charge in [0.2, 0.25) is 0 Å². The van der Waals surface area contributed by atoms with Gasteiger partial charge in [0, 0.05) is 12.7 Å². The normalized spacial score (nSPS) is 13.6. The van der Waals surface area contributed by atoms with Gasteiger partial charge in [-0.15, -0.1) is 0 Å². The molecule has 8 heteroatoms. The van der Waals surface area contributed by atoms with Gasteiger partial charge < -0.3 is 20.1 Å². The summed E-state index contributed by atoms with van der Waals surface area (Å²) in [6.07, 6.45) is -3.01. The Kier molecular flexibility index (Phi) is 5.56. The van der Waals surface area contributed by atoms with Crippen LogP contribution < -0.4 is 0 Å². The number of aliphatic hydroxyl groups excluding tert-OH is 3. The molecular weight excluding hydrogens is 270 g/mol. The van der Waals surface area contributed by atoms with E-state index in [-0.39, 0.29) is 24.2 Å². The van der Waals surface area contributed by atoms with Crippen LogP contribution in [0.15, 0.2) is 18.2 Å². The molecule has 0 aliphatic carbocycles. The van der Waals surface area contributed by atoms with E-state index in [0.29, 0.717) is 0 Å². The van der Waals surface area contributed by atoms with E-state index < -0.39 is 28.8 Å². The molecule has 3 N–H and O–H groups in total. The molecule has 1 rings (SSSR count). The fourth-order valence-electron chi connectivity index (χ4n) is 1.69. The average molecular weight is 285 g/mol. The Labute approximate surface area is 114 Å². The molecule has 0 saturated heterocycles. The number of carbonyl (C=O) groups is 1. The molecule has 0 aromatic heterocycles. The van der Waals surface area contributed by atoms with Crippen LogP contribution in [-0.2, 0) is 4.74 Å². The molecule has 0 fully saturated rings. The molecule has 0 spiro atoms. The molecule has 0 saturated carbocycles. The zero-order chi connectivity index (χ0) is 15.3. The van der Waals surface area contributed by atoms with E-state index in [1.54, 1.807) is 0 Å². The summed E-state index contributed by atoms with van der Waals surface area (Å²) in [5, 5.41) is 39.1. The summed E-state index contributed by atoms with van der Waals surface area (Å²) in [5.74, 6) is -0.745. The van der Waals surface area contributed by atoms with Crippen LogP contribution in [0.3, 0.4) is 0 Å². The maximum atomic E-state index is 11.3. The van der Waals surface area contributed by atoms with Gasteiger partial charge in [0.15, 0.2) is 0 Å². The Bertz CT molecular complexity index is 503. The number of hydrogen-bond donors (Lipinski definition) is 3. The lowest BCUT2D eigenvalue weighted by Crippen LogP contribution is -2.20. The summed E-state index contributed by atoms with van der Waals surface area (Å²) in [5.41, 5.74) is -0.673. The first-order chi connectivity index (χ1) is 9.42. The van der Waals surface area contributed by atoms with Crippen molar-refractivity contribution >= 4 is 11.7 Å². The van der Waals surface area contributed by atoms with Crippen LogP contribution in [0.1, 0.15) is 28.4 Å². The number of benzene rings is 1. The number of nitrogens with zero attached hydrogens (tertiary/aromatic N) is 1. The summed E-state index contributed by atoms with van der Waals surface area (Å²) < 4.78 is 4.45. The topological polar surface area (TPSA) is 130 Å². The molecule has 1 aromatic carbocycles. The highest BCUT2D eigenvalue weighted by atomic mass is 16.6.